The van der Waals surface area contributed by atoms with E-state index in [9.17, 15) is 5.11 Å². The first-order valence-corrected chi connectivity index (χ1v) is 8.20. The van der Waals surface area contributed by atoms with Gasteiger partial charge in [-0.25, -0.2) is 4.98 Å². The van der Waals surface area contributed by atoms with Crippen molar-refractivity contribution in [3.8, 4) is 0 Å². The molecule has 0 bridgehead atoms. The van der Waals surface area contributed by atoms with Crippen LogP contribution in [0, 0.1) is 6.92 Å². The SMILES string of the molecule is Cc1cc2c(N(CCO)Cc3ccccc3)nc(Cl)nc2s1. The third-order valence-electron chi connectivity index (χ3n) is 3.35. The molecule has 0 radical (unpaired) electrons. The third-order valence-corrected chi connectivity index (χ3v) is 4.47. The van der Waals surface area contributed by atoms with Crippen molar-refractivity contribution in [2.45, 2.75) is 13.5 Å². The van der Waals surface area contributed by atoms with Gasteiger partial charge in [-0.15, -0.1) is 11.3 Å². The summed E-state index contributed by atoms with van der Waals surface area (Å²) in [4.78, 5) is 12.8. The van der Waals surface area contributed by atoms with Crippen LogP contribution in [0.1, 0.15) is 10.4 Å². The van der Waals surface area contributed by atoms with Gasteiger partial charge in [0.25, 0.3) is 0 Å². The monoisotopic (exact) mass is 333 g/mol. The lowest BCUT2D eigenvalue weighted by Gasteiger charge is -2.23. The molecule has 0 amide bonds. The second-order valence-electron chi connectivity index (χ2n) is 5.02. The fourth-order valence-electron chi connectivity index (χ4n) is 2.43. The van der Waals surface area contributed by atoms with Crippen LogP contribution in [0.4, 0.5) is 5.82 Å². The molecule has 0 fully saturated rings. The first-order chi connectivity index (χ1) is 10.7. The maximum atomic E-state index is 9.41. The molecule has 3 rings (SSSR count). The number of aliphatic hydroxyl groups is 1. The number of halogens is 1. The van der Waals surface area contributed by atoms with Crippen LogP contribution in [0.2, 0.25) is 5.28 Å². The van der Waals surface area contributed by atoms with Crippen molar-refractivity contribution >= 4 is 39.0 Å². The standard InChI is InChI=1S/C16H16ClN3OS/c1-11-9-13-14(18-16(17)19-15(13)22-11)20(7-8-21)10-12-5-3-2-4-6-12/h2-6,9,21H,7-8,10H2,1H3. The van der Waals surface area contributed by atoms with Crippen LogP contribution in [-0.2, 0) is 6.54 Å². The molecule has 0 spiro atoms. The van der Waals surface area contributed by atoms with Crippen LogP contribution < -0.4 is 4.90 Å². The highest BCUT2D eigenvalue weighted by atomic mass is 35.5. The summed E-state index contributed by atoms with van der Waals surface area (Å²) >= 11 is 7.67. The van der Waals surface area contributed by atoms with Crippen LogP contribution in [0.3, 0.4) is 0 Å². The van der Waals surface area contributed by atoms with Crippen LogP contribution in [-0.4, -0.2) is 28.2 Å². The molecular formula is C16H16ClN3OS. The third kappa shape index (κ3) is 3.21. The molecule has 6 heteroatoms. The topological polar surface area (TPSA) is 49.2 Å². The molecule has 0 unspecified atom stereocenters. The van der Waals surface area contributed by atoms with E-state index >= 15 is 0 Å². The van der Waals surface area contributed by atoms with E-state index in [4.69, 9.17) is 11.6 Å². The molecule has 3 aromatic rings. The summed E-state index contributed by atoms with van der Waals surface area (Å²) in [5.74, 6) is 0.775. The average molecular weight is 334 g/mol. The molecule has 0 aliphatic rings. The number of hydrogen-bond acceptors (Lipinski definition) is 5. The Hall–Kier alpha value is -1.69. The van der Waals surface area contributed by atoms with Crippen molar-refractivity contribution in [1.82, 2.24) is 9.97 Å². The lowest BCUT2D eigenvalue weighted by Crippen LogP contribution is -2.27. The van der Waals surface area contributed by atoms with Gasteiger partial charge in [0.2, 0.25) is 5.28 Å². The number of aryl methyl sites for hydroxylation is 1. The average Bonchev–Trinajstić information content (AvgIpc) is 2.87. The summed E-state index contributed by atoms with van der Waals surface area (Å²) in [5, 5.41) is 10.6. The number of rotatable bonds is 5. The summed E-state index contributed by atoms with van der Waals surface area (Å²) in [5.41, 5.74) is 1.16. The molecule has 0 saturated heterocycles. The highest BCUT2D eigenvalue weighted by Gasteiger charge is 2.16. The number of anilines is 1. The second-order valence-corrected chi connectivity index (χ2v) is 6.60. The Bertz CT molecular complexity index is 776. The fraction of sp³-hybridized carbons (Fsp3) is 0.250. The Labute approximate surface area is 138 Å². The van der Waals surface area contributed by atoms with Gasteiger partial charge in [0, 0.05) is 18.0 Å². The Morgan fingerprint density at radius 3 is 2.73 bits per heavy atom. The Balaban J connectivity index is 2.04. The molecule has 4 nitrogen and oxygen atoms in total. The van der Waals surface area contributed by atoms with E-state index in [1.807, 2.05) is 30.0 Å². The Morgan fingerprint density at radius 1 is 1.23 bits per heavy atom. The molecule has 2 aromatic heterocycles. The zero-order valence-electron chi connectivity index (χ0n) is 12.2. The number of aromatic nitrogens is 2. The zero-order valence-corrected chi connectivity index (χ0v) is 13.7. The summed E-state index contributed by atoms with van der Waals surface area (Å²) in [6.45, 7) is 3.25. The summed E-state index contributed by atoms with van der Waals surface area (Å²) in [7, 11) is 0. The lowest BCUT2D eigenvalue weighted by atomic mass is 10.2. The van der Waals surface area contributed by atoms with Crippen molar-refractivity contribution in [3.63, 3.8) is 0 Å². The summed E-state index contributed by atoms with van der Waals surface area (Å²) in [6.07, 6.45) is 0. The van der Waals surface area contributed by atoms with Crippen molar-refractivity contribution in [2.75, 3.05) is 18.1 Å². The fourth-order valence-corrected chi connectivity index (χ4v) is 3.52. The molecule has 22 heavy (non-hydrogen) atoms. The molecule has 1 aromatic carbocycles. The maximum Gasteiger partial charge on any atom is 0.225 e. The first-order valence-electron chi connectivity index (χ1n) is 7.01. The summed E-state index contributed by atoms with van der Waals surface area (Å²) < 4.78 is 0. The van der Waals surface area contributed by atoms with E-state index in [1.54, 1.807) is 11.3 Å². The Morgan fingerprint density at radius 2 is 2.00 bits per heavy atom. The normalized spacial score (nSPS) is 11.0. The minimum Gasteiger partial charge on any atom is -0.395 e. The number of nitrogens with zero attached hydrogens (tertiary/aromatic N) is 3. The highest BCUT2D eigenvalue weighted by Crippen LogP contribution is 2.32. The second kappa shape index (κ2) is 6.60. The predicted molar refractivity (Wildman–Crippen MR) is 91.7 cm³/mol. The quantitative estimate of drug-likeness (QED) is 0.724. The van der Waals surface area contributed by atoms with Gasteiger partial charge in [-0.1, -0.05) is 30.3 Å². The highest BCUT2D eigenvalue weighted by molar-refractivity contribution is 7.18. The van der Waals surface area contributed by atoms with Crippen LogP contribution in [0.25, 0.3) is 10.2 Å². The molecule has 2 heterocycles. The van der Waals surface area contributed by atoms with Gasteiger partial charge in [-0.05, 0) is 30.2 Å². The number of fused-ring (bicyclic) bond motifs is 1. The van der Waals surface area contributed by atoms with Gasteiger partial charge < -0.3 is 10.0 Å². The molecule has 0 saturated carbocycles. The minimum absolute atomic E-state index is 0.0546. The van der Waals surface area contributed by atoms with Gasteiger partial charge >= 0.3 is 0 Å². The van der Waals surface area contributed by atoms with E-state index in [-0.39, 0.29) is 11.9 Å². The minimum atomic E-state index is 0.0546. The van der Waals surface area contributed by atoms with E-state index in [1.165, 1.54) is 0 Å². The number of aliphatic hydroxyl groups excluding tert-OH is 1. The van der Waals surface area contributed by atoms with Crippen LogP contribution in [0.5, 0.6) is 0 Å². The van der Waals surface area contributed by atoms with Crippen molar-refractivity contribution in [1.29, 1.82) is 0 Å². The van der Waals surface area contributed by atoms with E-state index in [2.05, 4.69) is 28.2 Å². The first kappa shape index (κ1) is 15.2. The van der Waals surface area contributed by atoms with E-state index < -0.39 is 0 Å². The number of hydrogen-bond donors (Lipinski definition) is 1. The molecule has 114 valence electrons. The Kier molecular flexibility index (Phi) is 4.57. The van der Waals surface area contributed by atoms with Gasteiger partial charge in [-0.2, -0.15) is 4.98 Å². The van der Waals surface area contributed by atoms with Gasteiger partial charge in [0.1, 0.15) is 10.6 Å². The van der Waals surface area contributed by atoms with Gasteiger partial charge in [-0.3, -0.25) is 0 Å². The van der Waals surface area contributed by atoms with Gasteiger partial charge in [0.15, 0.2) is 0 Å². The smallest absolute Gasteiger partial charge is 0.225 e. The number of thiophene rings is 1. The molecule has 1 N–H and O–H groups in total. The molecule has 0 aliphatic heterocycles. The molecule has 0 aliphatic carbocycles. The van der Waals surface area contributed by atoms with Crippen LogP contribution in [0.15, 0.2) is 36.4 Å². The lowest BCUT2D eigenvalue weighted by molar-refractivity contribution is 0.301. The number of benzene rings is 1. The van der Waals surface area contributed by atoms with Gasteiger partial charge in [0.05, 0.1) is 12.0 Å². The predicted octanol–water partition coefficient (Wildman–Crippen LogP) is 3.65. The van der Waals surface area contributed by atoms with Crippen molar-refractivity contribution < 1.29 is 5.11 Å². The van der Waals surface area contributed by atoms with Crippen molar-refractivity contribution in [2.24, 2.45) is 0 Å². The molecular weight excluding hydrogens is 318 g/mol. The zero-order chi connectivity index (χ0) is 15.5. The summed E-state index contributed by atoms with van der Waals surface area (Å²) in [6, 6.07) is 12.2. The van der Waals surface area contributed by atoms with Crippen molar-refractivity contribution in [3.05, 3.63) is 52.1 Å². The largest absolute Gasteiger partial charge is 0.395 e. The molecule has 0 atom stereocenters. The van der Waals surface area contributed by atoms with E-state index in [0.29, 0.717) is 13.1 Å². The maximum absolute atomic E-state index is 9.41. The van der Waals surface area contributed by atoms with Crippen LogP contribution >= 0.6 is 22.9 Å². The van der Waals surface area contributed by atoms with E-state index in [0.717, 1.165) is 26.5 Å².